The van der Waals surface area contributed by atoms with Crippen molar-refractivity contribution < 1.29 is 14.3 Å². The molecule has 1 aromatic rings. The molecule has 1 aliphatic rings. The number of hydrogen-bond acceptors (Lipinski definition) is 5. The van der Waals surface area contributed by atoms with E-state index in [4.69, 9.17) is 12.2 Å². The average molecular weight is 321 g/mol. The number of thiocarbonyl (C=S) groups is 1. The summed E-state index contributed by atoms with van der Waals surface area (Å²) in [5.41, 5.74) is 2.07. The van der Waals surface area contributed by atoms with E-state index >= 15 is 0 Å². The SMILES string of the molecule is COC(=O)[C@@H](C)N1C(=O)/C(=C/c2ccc(C)cc2)SC1=S. The molecule has 4 nitrogen and oxygen atoms in total. The lowest BCUT2D eigenvalue weighted by Crippen LogP contribution is -2.42. The summed E-state index contributed by atoms with van der Waals surface area (Å²) < 4.78 is 5.04. The lowest BCUT2D eigenvalue weighted by molar-refractivity contribution is -0.147. The molecular weight excluding hydrogens is 306 g/mol. The Hall–Kier alpha value is -1.66. The minimum absolute atomic E-state index is 0.261. The van der Waals surface area contributed by atoms with E-state index in [0.29, 0.717) is 9.23 Å². The highest BCUT2D eigenvalue weighted by Crippen LogP contribution is 2.34. The number of benzene rings is 1. The Balaban J connectivity index is 2.25. The maximum Gasteiger partial charge on any atom is 0.328 e. The van der Waals surface area contributed by atoms with Gasteiger partial charge in [0.1, 0.15) is 10.4 Å². The van der Waals surface area contributed by atoms with Gasteiger partial charge in [0, 0.05) is 0 Å². The summed E-state index contributed by atoms with van der Waals surface area (Å²) in [5, 5.41) is 0. The van der Waals surface area contributed by atoms with Gasteiger partial charge in [-0.2, -0.15) is 0 Å². The minimum atomic E-state index is -0.716. The molecule has 2 rings (SSSR count). The second kappa shape index (κ2) is 6.41. The van der Waals surface area contributed by atoms with Crippen LogP contribution < -0.4 is 0 Å². The number of nitrogens with zero attached hydrogens (tertiary/aromatic N) is 1. The quantitative estimate of drug-likeness (QED) is 0.487. The van der Waals surface area contributed by atoms with Crippen LogP contribution in [0.5, 0.6) is 0 Å². The Morgan fingerprint density at radius 2 is 2.00 bits per heavy atom. The van der Waals surface area contributed by atoms with E-state index in [2.05, 4.69) is 4.74 Å². The first kappa shape index (κ1) is 15.7. The topological polar surface area (TPSA) is 46.6 Å². The zero-order chi connectivity index (χ0) is 15.6. The smallest absolute Gasteiger partial charge is 0.328 e. The van der Waals surface area contributed by atoms with Crippen LogP contribution >= 0.6 is 24.0 Å². The molecule has 0 aromatic heterocycles. The van der Waals surface area contributed by atoms with Gasteiger partial charge in [0.15, 0.2) is 0 Å². The van der Waals surface area contributed by atoms with E-state index in [0.717, 1.165) is 11.1 Å². The van der Waals surface area contributed by atoms with Crippen LogP contribution in [0.15, 0.2) is 29.2 Å². The van der Waals surface area contributed by atoms with Crippen molar-refractivity contribution in [2.24, 2.45) is 0 Å². The number of carbonyl (C=O) groups excluding carboxylic acids is 2. The number of ether oxygens (including phenoxy) is 1. The van der Waals surface area contributed by atoms with E-state index in [9.17, 15) is 9.59 Å². The Bertz CT molecular complexity index is 622. The normalized spacial score (nSPS) is 18.2. The number of thioether (sulfide) groups is 1. The maximum atomic E-state index is 12.4. The number of rotatable bonds is 3. The fraction of sp³-hybridized carbons (Fsp3) is 0.267. The van der Waals surface area contributed by atoms with Crippen molar-refractivity contribution in [1.29, 1.82) is 0 Å². The molecule has 0 spiro atoms. The molecule has 0 unspecified atom stereocenters. The van der Waals surface area contributed by atoms with Gasteiger partial charge in [-0.25, -0.2) is 4.79 Å². The number of amides is 1. The molecule has 1 amide bonds. The summed E-state index contributed by atoms with van der Waals surface area (Å²) >= 11 is 6.39. The molecule has 0 aliphatic carbocycles. The second-order valence-corrected chi connectivity index (χ2v) is 6.34. The minimum Gasteiger partial charge on any atom is -0.467 e. The Morgan fingerprint density at radius 3 is 2.57 bits per heavy atom. The van der Waals surface area contributed by atoms with Crippen LogP contribution in [-0.4, -0.2) is 34.2 Å². The highest BCUT2D eigenvalue weighted by Gasteiger charge is 2.38. The van der Waals surface area contributed by atoms with Crippen LogP contribution in [0.3, 0.4) is 0 Å². The van der Waals surface area contributed by atoms with Gasteiger partial charge in [-0.15, -0.1) is 0 Å². The van der Waals surface area contributed by atoms with Crippen molar-refractivity contribution in [2.75, 3.05) is 7.11 Å². The van der Waals surface area contributed by atoms with Crippen LogP contribution in [0.25, 0.3) is 6.08 Å². The summed E-state index contributed by atoms with van der Waals surface area (Å²) in [7, 11) is 1.29. The fourth-order valence-corrected chi connectivity index (χ4v) is 3.32. The Kier molecular flexibility index (Phi) is 4.80. The second-order valence-electron chi connectivity index (χ2n) is 4.66. The lowest BCUT2D eigenvalue weighted by Gasteiger charge is -2.20. The van der Waals surface area contributed by atoms with Gasteiger partial charge < -0.3 is 4.74 Å². The van der Waals surface area contributed by atoms with Gasteiger partial charge >= 0.3 is 5.97 Å². The summed E-state index contributed by atoms with van der Waals surface area (Å²) in [4.78, 5) is 25.8. The van der Waals surface area contributed by atoms with Crippen molar-refractivity contribution in [3.63, 3.8) is 0 Å². The standard InChI is InChI=1S/C15H15NO3S2/c1-9-4-6-11(7-5-9)8-12-13(17)16(15(20)21-12)10(2)14(18)19-3/h4-8,10H,1-3H3/b12-8-/t10-/m1/s1. The number of methoxy groups -OCH3 is 1. The predicted molar refractivity (Wildman–Crippen MR) is 87.7 cm³/mol. The fourth-order valence-electron chi connectivity index (χ4n) is 1.90. The highest BCUT2D eigenvalue weighted by molar-refractivity contribution is 8.26. The van der Waals surface area contributed by atoms with E-state index < -0.39 is 12.0 Å². The summed E-state index contributed by atoms with van der Waals surface area (Å²) in [6, 6.07) is 7.11. The van der Waals surface area contributed by atoms with E-state index in [1.807, 2.05) is 31.2 Å². The molecule has 1 saturated heterocycles. The molecule has 1 aromatic carbocycles. The third-order valence-electron chi connectivity index (χ3n) is 3.13. The van der Waals surface area contributed by atoms with Crippen molar-refractivity contribution in [1.82, 2.24) is 4.90 Å². The molecule has 1 fully saturated rings. The highest BCUT2D eigenvalue weighted by atomic mass is 32.2. The zero-order valence-electron chi connectivity index (χ0n) is 12.0. The van der Waals surface area contributed by atoms with Crippen LogP contribution in [0, 0.1) is 6.92 Å². The predicted octanol–water partition coefficient (Wildman–Crippen LogP) is 2.76. The van der Waals surface area contributed by atoms with Crippen molar-refractivity contribution in [2.45, 2.75) is 19.9 Å². The summed E-state index contributed by atoms with van der Waals surface area (Å²) in [6.07, 6.45) is 1.78. The molecule has 21 heavy (non-hydrogen) atoms. The number of hydrogen-bond donors (Lipinski definition) is 0. The largest absolute Gasteiger partial charge is 0.467 e. The van der Waals surface area contributed by atoms with Crippen LogP contribution in [-0.2, 0) is 14.3 Å². The van der Waals surface area contributed by atoms with Gasteiger partial charge in [-0.1, -0.05) is 53.8 Å². The third kappa shape index (κ3) is 3.33. The Labute approximate surface area is 133 Å². The third-order valence-corrected chi connectivity index (χ3v) is 4.46. The van der Waals surface area contributed by atoms with Crippen LogP contribution in [0.2, 0.25) is 0 Å². The Morgan fingerprint density at radius 1 is 1.38 bits per heavy atom. The van der Waals surface area contributed by atoms with E-state index in [-0.39, 0.29) is 5.91 Å². The molecular formula is C15H15NO3S2. The first-order valence-electron chi connectivity index (χ1n) is 6.35. The van der Waals surface area contributed by atoms with Crippen molar-refractivity contribution in [3.8, 4) is 0 Å². The molecule has 0 radical (unpaired) electrons. The first-order chi connectivity index (χ1) is 9.93. The van der Waals surface area contributed by atoms with Gasteiger partial charge in [0.05, 0.1) is 12.0 Å². The lowest BCUT2D eigenvalue weighted by atomic mass is 10.1. The average Bonchev–Trinajstić information content (AvgIpc) is 2.74. The van der Waals surface area contributed by atoms with E-state index in [1.165, 1.54) is 23.8 Å². The molecule has 1 atom stereocenters. The van der Waals surface area contributed by atoms with Crippen LogP contribution in [0.4, 0.5) is 0 Å². The molecule has 0 N–H and O–H groups in total. The summed E-state index contributed by atoms with van der Waals surface area (Å²) in [6.45, 7) is 3.60. The van der Waals surface area contributed by atoms with Crippen molar-refractivity contribution >= 4 is 46.3 Å². The monoisotopic (exact) mass is 321 g/mol. The van der Waals surface area contributed by atoms with Crippen LogP contribution in [0.1, 0.15) is 18.1 Å². The molecule has 0 bridgehead atoms. The first-order valence-corrected chi connectivity index (χ1v) is 7.58. The van der Waals surface area contributed by atoms with Gasteiger partial charge in [-0.3, -0.25) is 9.69 Å². The number of carbonyl (C=O) groups is 2. The van der Waals surface area contributed by atoms with Gasteiger partial charge in [-0.05, 0) is 25.5 Å². The van der Waals surface area contributed by atoms with Crippen molar-refractivity contribution in [3.05, 3.63) is 40.3 Å². The zero-order valence-corrected chi connectivity index (χ0v) is 13.6. The molecule has 6 heteroatoms. The molecule has 0 saturated carbocycles. The number of aryl methyl sites for hydroxylation is 1. The van der Waals surface area contributed by atoms with E-state index in [1.54, 1.807) is 13.0 Å². The van der Waals surface area contributed by atoms with Gasteiger partial charge in [0.25, 0.3) is 5.91 Å². The number of esters is 1. The maximum absolute atomic E-state index is 12.4. The molecule has 1 heterocycles. The van der Waals surface area contributed by atoms with Gasteiger partial charge in [0.2, 0.25) is 0 Å². The molecule has 110 valence electrons. The molecule has 1 aliphatic heterocycles. The summed E-state index contributed by atoms with van der Waals surface area (Å²) in [5.74, 6) is -0.744.